The molecule has 1 aromatic carbocycles. The summed E-state index contributed by atoms with van der Waals surface area (Å²) in [5.74, 6) is 1.96. The first-order chi connectivity index (χ1) is 9.15. The largest absolute Gasteiger partial charge is 0.396 e. The zero-order valence-corrected chi connectivity index (χ0v) is 12.9. The summed E-state index contributed by atoms with van der Waals surface area (Å²) in [5, 5.41) is 22.5. The Bertz CT molecular complexity index is 418. The summed E-state index contributed by atoms with van der Waals surface area (Å²) < 4.78 is 0.752. The average Bonchev–Trinajstić information content (AvgIpc) is 2.39. The molecule has 0 unspecified atom stereocenters. The molecule has 2 N–H and O–H groups in total. The molecule has 0 atom stereocenters. The normalized spacial score (nSPS) is 10.6. The van der Waals surface area contributed by atoms with Gasteiger partial charge in [0, 0.05) is 42.1 Å². The van der Waals surface area contributed by atoms with Gasteiger partial charge in [-0.15, -0.1) is 0 Å². The highest BCUT2D eigenvalue weighted by Crippen LogP contribution is 2.22. The first-order valence-electron chi connectivity index (χ1n) is 5.97. The molecule has 0 saturated heterocycles. The van der Waals surface area contributed by atoms with E-state index in [1.165, 1.54) is 12.1 Å². The van der Waals surface area contributed by atoms with Crippen molar-refractivity contribution in [1.29, 1.82) is 0 Å². The molecule has 0 aliphatic rings. The van der Waals surface area contributed by atoms with Crippen molar-refractivity contribution in [2.45, 2.75) is 13.0 Å². The highest BCUT2D eigenvalue weighted by atomic mass is 79.9. The number of non-ortho nitro benzene ring substituents is 1. The number of nitrogens with zero attached hydrogens (tertiary/aromatic N) is 1. The predicted octanol–water partition coefficient (Wildman–Crippen LogP) is 2.56. The Morgan fingerprint density at radius 2 is 2.21 bits per heavy atom. The van der Waals surface area contributed by atoms with Gasteiger partial charge in [-0.1, -0.05) is 15.9 Å². The van der Waals surface area contributed by atoms with Gasteiger partial charge in [0.1, 0.15) is 0 Å². The van der Waals surface area contributed by atoms with Gasteiger partial charge in [-0.3, -0.25) is 10.1 Å². The van der Waals surface area contributed by atoms with Gasteiger partial charge in [-0.05, 0) is 23.8 Å². The monoisotopic (exact) mass is 348 g/mol. The molecule has 0 bridgehead atoms. The van der Waals surface area contributed by atoms with E-state index in [2.05, 4.69) is 21.2 Å². The van der Waals surface area contributed by atoms with E-state index in [1.807, 2.05) is 0 Å². The fourth-order valence-electron chi connectivity index (χ4n) is 1.43. The van der Waals surface area contributed by atoms with Crippen molar-refractivity contribution in [2.75, 3.05) is 24.7 Å². The average molecular weight is 349 g/mol. The van der Waals surface area contributed by atoms with Crippen molar-refractivity contribution >= 4 is 33.4 Å². The van der Waals surface area contributed by atoms with Crippen LogP contribution in [0.3, 0.4) is 0 Å². The number of rotatable bonds is 9. The standard InChI is InChI=1S/C12H17BrN2O3S/c13-12-8-11(15(17)18)3-2-10(12)9-14-4-7-19-6-1-5-16/h2-3,8,14,16H,1,4-7,9H2. The Morgan fingerprint density at radius 3 is 2.84 bits per heavy atom. The maximum Gasteiger partial charge on any atom is 0.270 e. The van der Waals surface area contributed by atoms with Gasteiger partial charge in [0.2, 0.25) is 0 Å². The van der Waals surface area contributed by atoms with Crippen LogP contribution in [0.25, 0.3) is 0 Å². The van der Waals surface area contributed by atoms with Crippen LogP contribution in [0.1, 0.15) is 12.0 Å². The number of nitro groups is 1. The number of nitro benzene ring substituents is 1. The van der Waals surface area contributed by atoms with Crippen LogP contribution in [0.5, 0.6) is 0 Å². The van der Waals surface area contributed by atoms with E-state index in [-0.39, 0.29) is 12.3 Å². The molecule has 0 heterocycles. The molecule has 0 aliphatic heterocycles. The molecule has 0 fully saturated rings. The van der Waals surface area contributed by atoms with Crippen LogP contribution in [0.4, 0.5) is 5.69 Å². The molecule has 0 spiro atoms. The molecule has 5 nitrogen and oxygen atoms in total. The Hall–Kier alpha value is -0.630. The molecule has 7 heteroatoms. The molecule has 0 saturated carbocycles. The quantitative estimate of drug-likeness (QED) is 0.407. The number of halogens is 1. The first kappa shape index (κ1) is 16.4. The van der Waals surface area contributed by atoms with Crippen molar-refractivity contribution in [3.8, 4) is 0 Å². The minimum absolute atomic E-state index is 0.0928. The molecule has 0 aliphatic carbocycles. The Morgan fingerprint density at radius 1 is 1.42 bits per heavy atom. The van der Waals surface area contributed by atoms with Crippen molar-refractivity contribution < 1.29 is 10.0 Å². The second-order valence-electron chi connectivity index (χ2n) is 3.90. The van der Waals surface area contributed by atoms with Gasteiger partial charge >= 0.3 is 0 Å². The van der Waals surface area contributed by atoms with E-state index >= 15 is 0 Å². The smallest absolute Gasteiger partial charge is 0.270 e. The first-order valence-corrected chi connectivity index (χ1v) is 7.92. The summed E-state index contributed by atoms with van der Waals surface area (Å²) in [5.41, 5.74) is 1.10. The van der Waals surface area contributed by atoms with Gasteiger partial charge in [0.15, 0.2) is 0 Å². The second kappa shape index (κ2) is 9.30. The number of nitrogens with one attached hydrogen (secondary N) is 1. The van der Waals surface area contributed by atoms with Crippen LogP contribution < -0.4 is 5.32 Å². The van der Waals surface area contributed by atoms with Gasteiger partial charge < -0.3 is 10.4 Å². The molecule has 0 radical (unpaired) electrons. The van der Waals surface area contributed by atoms with E-state index in [9.17, 15) is 10.1 Å². The SMILES string of the molecule is O=[N+]([O-])c1ccc(CNCCSCCCO)c(Br)c1. The molecule has 0 amide bonds. The van der Waals surface area contributed by atoms with E-state index < -0.39 is 4.92 Å². The number of hydrogen-bond donors (Lipinski definition) is 2. The van der Waals surface area contributed by atoms with E-state index in [4.69, 9.17) is 5.11 Å². The van der Waals surface area contributed by atoms with E-state index in [1.54, 1.807) is 17.8 Å². The summed E-state index contributed by atoms with van der Waals surface area (Å²) in [4.78, 5) is 10.2. The van der Waals surface area contributed by atoms with Crippen molar-refractivity contribution in [3.63, 3.8) is 0 Å². The fourth-order valence-corrected chi connectivity index (χ4v) is 2.76. The number of benzene rings is 1. The lowest BCUT2D eigenvalue weighted by Crippen LogP contribution is -2.17. The summed E-state index contributed by atoms with van der Waals surface area (Å²) in [7, 11) is 0. The van der Waals surface area contributed by atoms with E-state index in [0.717, 1.165) is 34.5 Å². The van der Waals surface area contributed by atoms with E-state index in [0.29, 0.717) is 6.54 Å². The highest BCUT2D eigenvalue weighted by molar-refractivity contribution is 9.10. The van der Waals surface area contributed by atoms with Crippen LogP contribution in [0.2, 0.25) is 0 Å². The predicted molar refractivity (Wildman–Crippen MR) is 81.5 cm³/mol. The molecule has 19 heavy (non-hydrogen) atoms. The fraction of sp³-hybridized carbons (Fsp3) is 0.500. The van der Waals surface area contributed by atoms with Crippen molar-refractivity contribution in [1.82, 2.24) is 5.32 Å². The molecule has 106 valence electrons. The summed E-state index contributed by atoms with van der Waals surface area (Å²) in [6.07, 6.45) is 0.832. The minimum Gasteiger partial charge on any atom is -0.396 e. The number of aliphatic hydroxyl groups excluding tert-OH is 1. The van der Waals surface area contributed by atoms with Crippen LogP contribution in [-0.2, 0) is 6.54 Å². The summed E-state index contributed by atoms with van der Waals surface area (Å²) in [6.45, 7) is 1.80. The molecule has 1 aromatic rings. The zero-order valence-electron chi connectivity index (χ0n) is 10.5. The Balaban J connectivity index is 2.28. The van der Waals surface area contributed by atoms with Crippen LogP contribution >= 0.6 is 27.7 Å². The highest BCUT2D eigenvalue weighted by Gasteiger charge is 2.08. The minimum atomic E-state index is -0.403. The lowest BCUT2D eigenvalue weighted by atomic mass is 10.2. The molecular formula is C12H17BrN2O3S. The Labute approximate surface area is 125 Å². The number of hydrogen-bond acceptors (Lipinski definition) is 5. The van der Waals surface area contributed by atoms with Gasteiger partial charge in [-0.25, -0.2) is 0 Å². The third-order valence-corrected chi connectivity index (χ3v) is 4.24. The summed E-state index contributed by atoms with van der Waals surface area (Å²) in [6, 6.07) is 4.79. The van der Waals surface area contributed by atoms with Gasteiger partial charge in [-0.2, -0.15) is 11.8 Å². The number of thioether (sulfide) groups is 1. The van der Waals surface area contributed by atoms with Crippen LogP contribution in [0, 0.1) is 10.1 Å². The van der Waals surface area contributed by atoms with Gasteiger partial charge in [0.25, 0.3) is 5.69 Å². The van der Waals surface area contributed by atoms with Crippen LogP contribution in [0.15, 0.2) is 22.7 Å². The van der Waals surface area contributed by atoms with Crippen LogP contribution in [-0.4, -0.2) is 34.7 Å². The summed E-state index contributed by atoms with van der Waals surface area (Å²) >= 11 is 5.14. The topological polar surface area (TPSA) is 75.4 Å². The molecular weight excluding hydrogens is 332 g/mol. The maximum absolute atomic E-state index is 10.6. The molecule has 0 aromatic heterocycles. The number of aliphatic hydroxyl groups is 1. The lowest BCUT2D eigenvalue weighted by Gasteiger charge is -2.06. The van der Waals surface area contributed by atoms with Crippen molar-refractivity contribution in [3.05, 3.63) is 38.3 Å². The third-order valence-electron chi connectivity index (χ3n) is 2.43. The second-order valence-corrected chi connectivity index (χ2v) is 5.98. The van der Waals surface area contributed by atoms with Gasteiger partial charge in [0.05, 0.1) is 4.92 Å². The Kier molecular flexibility index (Phi) is 8.04. The third kappa shape index (κ3) is 6.38. The molecule has 1 rings (SSSR count). The lowest BCUT2D eigenvalue weighted by molar-refractivity contribution is -0.384. The maximum atomic E-state index is 10.6. The zero-order chi connectivity index (χ0) is 14.1. The van der Waals surface area contributed by atoms with Crippen molar-refractivity contribution in [2.24, 2.45) is 0 Å².